The van der Waals surface area contributed by atoms with Gasteiger partial charge in [-0.2, -0.15) is 0 Å². The van der Waals surface area contributed by atoms with E-state index < -0.39 is 6.10 Å². The molecule has 0 saturated heterocycles. The molecular weight excluding hydrogens is 224 g/mol. The van der Waals surface area contributed by atoms with Crippen molar-refractivity contribution in [1.82, 2.24) is 0 Å². The number of hydrogen-bond acceptors (Lipinski definition) is 2. The first kappa shape index (κ1) is 12.7. The summed E-state index contributed by atoms with van der Waals surface area (Å²) >= 11 is 0. The number of benzene rings is 2. The topological polar surface area (TPSA) is 29.5 Å². The summed E-state index contributed by atoms with van der Waals surface area (Å²) in [6.45, 7) is 2.40. The Hall–Kier alpha value is -1.80. The highest BCUT2D eigenvalue weighted by atomic mass is 16.5. The van der Waals surface area contributed by atoms with Gasteiger partial charge in [0, 0.05) is 6.42 Å². The molecule has 0 aliphatic carbocycles. The van der Waals surface area contributed by atoms with Crippen molar-refractivity contribution >= 4 is 0 Å². The summed E-state index contributed by atoms with van der Waals surface area (Å²) < 4.78 is 5.69. The molecule has 18 heavy (non-hydrogen) atoms. The summed E-state index contributed by atoms with van der Waals surface area (Å²) in [6.07, 6.45) is 0.433. The van der Waals surface area contributed by atoms with E-state index in [2.05, 4.69) is 12.1 Å². The van der Waals surface area contributed by atoms with Crippen molar-refractivity contribution < 1.29 is 9.84 Å². The normalized spacial score (nSPS) is 12.1. The molecule has 0 saturated carbocycles. The Morgan fingerprint density at radius 2 is 1.83 bits per heavy atom. The summed E-state index contributed by atoms with van der Waals surface area (Å²) in [5.74, 6) is 0.810. The summed E-state index contributed by atoms with van der Waals surface area (Å²) in [6, 6.07) is 17.9. The largest absolute Gasteiger partial charge is 0.493 e. The molecule has 2 heteroatoms. The average molecular weight is 242 g/mol. The zero-order chi connectivity index (χ0) is 12.8. The molecule has 2 aromatic carbocycles. The zero-order valence-electron chi connectivity index (χ0n) is 10.5. The Labute approximate surface area is 108 Å². The standard InChI is InChI=1S/C16H18O2/c1-13(17)15-8-5-9-16(12-15)18-11-10-14-6-3-2-4-7-14/h2-9,12-13,17H,10-11H2,1H3/t13-/m1/s1. The summed E-state index contributed by atoms with van der Waals surface area (Å²) in [7, 11) is 0. The average Bonchev–Trinajstić information content (AvgIpc) is 2.40. The molecule has 1 atom stereocenters. The highest BCUT2D eigenvalue weighted by Gasteiger charge is 2.02. The molecule has 0 spiro atoms. The number of aliphatic hydroxyl groups is 1. The van der Waals surface area contributed by atoms with Crippen molar-refractivity contribution in [3.63, 3.8) is 0 Å². The van der Waals surface area contributed by atoms with E-state index in [-0.39, 0.29) is 0 Å². The van der Waals surface area contributed by atoms with Gasteiger partial charge in [-0.3, -0.25) is 0 Å². The maximum atomic E-state index is 9.50. The van der Waals surface area contributed by atoms with E-state index in [1.54, 1.807) is 6.92 Å². The third-order valence-corrected chi connectivity index (χ3v) is 2.84. The van der Waals surface area contributed by atoms with Crippen LogP contribution >= 0.6 is 0 Å². The van der Waals surface area contributed by atoms with E-state index in [1.807, 2.05) is 42.5 Å². The van der Waals surface area contributed by atoms with Gasteiger partial charge in [0.15, 0.2) is 0 Å². The van der Waals surface area contributed by atoms with Gasteiger partial charge in [0.25, 0.3) is 0 Å². The van der Waals surface area contributed by atoms with E-state index in [0.29, 0.717) is 6.61 Å². The molecule has 2 nitrogen and oxygen atoms in total. The van der Waals surface area contributed by atoms with Crippen LogP contribution in [0.4, 0.5) is 0 Å². The number of rotatable bonds is 5. The second-order valence-electron chi connectivity index (χ2n) is 4.33. The molecule has 2 rings (SSSR count). The van der Waals surface area contributed by atoms with Crippen LogP contribution in [-0.4, -0.2) is 11.7 Å². The van der Waals surface area contributed by atoms with E-state index in [9.17, 15) is 5.11 Å². The molecule has 0 bridgehead atoms. The van der Waals surface area contributed by atoms with Crippen LogP contribution in [0, 0.1) is 0 Å². The number of hydrogen-bond donors (Lipinski definition) is 1. The molecule has 94 valence electrons. The second kappa shape index (κ2) is 6.22. The van der Waals surface area contributed by atoms with Crippen LogP contribution in [0.25, 0.3) is 0 Å². The van der Waals surface area contributed by atoms with Crippen molar-refractivity contribution in [2.75, 3.05) is 6.61 Å². The van der Waals surface area contributed by atoms with E-state index >= 15 is 0 Å². The van der Waals surface area contributed by atoms with Crippen molar-refractivity contribution in [2.45, 2.75) is 19.4 Å². The third-order valence-electron chi connectivity index (χ3n) is 2.84. The summed E-state index contributed by atoms with van der Waals surface area (Å²) in [5, 5.41) is 9.50. The lowest BCUT2D eigenvalue weighted by molar-refractivity contribution is 0.198. The summed E-state index contributed by atoms with van der Waals surface area (Å²) in [5.41, 5.74) is 2.15. The molecule has 0 radical (unpaired) electrons. The van der Waals surface area contributed by atoms with Crippen LogP contribution in [0.5, 0.6) is 5.75 Å². The predicted molar refractivity (Wildman–Crippen MR) is 72.7 cm³/mol. The molecule has 0 aliphatic heterocycles. The Kier molecular flexibility index (Phi) is 4.37. The minimum atomic E-state index is -0.456. The quantitative estimate of drug-likeness (QED) is 0.871. The van der Waals surface area contributed by atoms with E-state index in [0.717, 1.165) is 17.7 Å². The molecular formula is C16H18O2. The van der Waals surface area contributed by atoms with Crippen molar-refractivity contribution in [1.29, 1.82) is 0 Å². The lowest BCUT2D eigenvalue weighted by Gasteiger charge is -2.09. The van der Waals surface area contributed by atoms with Gasteiger partial charge in [0.05, 0.1) is 12.7 Å². The van der Waals surface area contributed by atoms with Crippen LogP contribution in [0.1, 0.15) is 24.2 Å². The monoisotopic (exact) mass is 242 g/mol. The lowest BCUT2D eigenvalue weighted by Crippen LogP contribution is -2.02. The first-order chi connectivity index (χ1) is 8.75. The maximum Gasteiger partial charge on any atom is 0.119 e. The van der Waals surface area contributed by atoms with Crippen molar-refractivity contribution in [2.24, 2.45) is 0 Å². The van der Waals surface area contributed by atoms with Gasteiger partial charge in [-0.15, -0.1) is 0 Å². The Balaban J connectivity index is 1.89. The van der Waals surface area contributed by atoms with Gasteiger partial charge < -0.3 is 9.84 Å². The van der Waals surface area contributed by atoms with E-state index in [4.69, 9.17) is 4.74 Å². The Morgan fingerprint density at radius 1 is 1.06 bits per heavy atom. The lowest BCUT2D eigenvalue weighted by atomic mass is 10.1. The first-order valence-electron chi connectivity index (χ1n) is 6.20. The van der Waals surface area contributed by atoms with Gasteiger partial charge >= 0.3 is 0 Å². The Morgan fingerprint density at radius 3 is 2.56 bits per heavy atom. The third kappa shape index (κ3) is 3.60. The molecule has 0 heterocycles. The van der Waals surface area contributed by atoms with Crippen molar-refractivity contribution in [3.8, 4) is 5.75 Å². The van der Waals surface area contributed by atoms with Crippen LogP contribution in [-0.2, 0) is 6.42 Å². The number of aliphatic hydroxyl groups excluding tert-OH is 1. The molecule has 0 unspecified atom stereocenters. The molecule has 2 aromatic rings. The van der Waals surface area contributed by atoms with E-state index in [1.165, 1.54) is 5.56 Å². The Bertz CT molecular complexity index is 477. The zero-order valence-corrected chi connectivity index (χ0v) is 10.5. The van der Waals surface area contributed by atoms with Crippen LogP contribution < -0.4 is 4.74 Å². The minimum Gasteiger partial charge on any atom is -0.493 e. The maximum absolute atomic E-state index is 9.50. The summed E-state index contributed by atoms with van der Waals surface area (Å²) in [4.78, 5) is 0. The molecule has 0 aliphatic rings. The highest BCUT2D eigenvalue weighted by molar-refractivity contribution is 5.29. The predicted octanol–water partition coefficient (Wildman–Crippen LogP) is 3.36. The fourth-order valence-electron chi connectivity index (χ4n) is 1.80. The van der Waals surface area contributed by atoms with Gasteiger partial charge in [0.2, 0.25) is 0 Å². The van der Waals surface area contributed by atoms with Gasteiger partial charge in [-0.1, -0.05) is 42.5 Å². The second-order valence-corrected chi connectivity index (χ2v) is 4.33. The number of ether oxygens (including phenoxy) is 1. The molecule has 0 fully saturated rings. The SMILES string of the molecule is C[C@@H](O)c1cccc(OCCc2ccccc2)c1. The fraction of sp³-hybridized carbons (Fsp3) is 0.250. The smallest absolute Gasteiger partial charge is 0.119 e. The van der Waals surface area contributed by atoms with Gasteiger partial charge in [-0.05, 0) is 30.2 Å². The highest BCUT2D eigenvalue weighted by Crippen LogP contribution is 2.18. The molecule has 0 aromatic heterocycles. The van der Waals surface area contributed by atoms with Gasteiger partial charge in [-0.25, -0.2) is 0 Å². The molecule has 0 amide bonds. The van der Waals surface area contributed by atoms with Crippen LogP contribution in [0.3, 0.4) is 0 Å². The minimum absolute atomic E-state index is 0.456. The molecule has 1 N–H and O–H groups in total. The van der Waals surface area contributed by atoms with Crippen LogP contribution in [0.15, 0.2) is 54.6 Å². The van der Waals surface area contributed by atoms with Crippen molar-refractivity contribution in [3.05, 3.63) is 65.7 Å². The fourth-order valence-corrected chi connectivity index (χ4v) is 1.80. The van der Waals surface area contributed by atoms with Gasteiger partial charge in [0.1, 0.15) is 5.75 Å². The first-order valence-corrected chi connectivity index (χ1v) is 6.20. The van der Waals surface area contributed by atoms with Crippen LogP contribution in [0.2, 0.25) is 0 Å².